The quantitative estimate of drug-likeness (QED) is 0.834. The first-order valence-corrected chi connectivity index (χ1v) is 9.65. The van der Waals surface area contributed by atoms with Gasteiger partial charge in [-0.1, -0.05) is 29.8 Å². The molecule has 144 valence electrons. The molecule has 0 saturated carbocycles. The number of aromatic nitrogens is 1. The maximum Gasteiger partial charge on any atom is 0.244 e. The van der Waals surface area contributed by atoms with Gasteiger partial charge in [0.1, 0.15) is 6.04 Å². The smallest absolute Gasteiger partial charge is 0.244 e. The fraction of sp³-hybridized carbons (Fsp3) is 0.455. The summed E-state index contributed by atoms with van der Waals surface area (Å²) in [6.07, 6.45) is 2.83. The number of aryl methyl sites for hydroxylation is 2. The Kier molecular flexibility index (Phi) is 6.11. The van der Waals surface area contributed by atoms with Gasteiger partial charge in [0.15, 0.2) is 0 Å². The summed E-state index contributed by atoms with van der Waals surface area (Å²) < 4.78 is 0. The van der Waals surface area contributed by atoms with Crippen LogP contribution in [0.5, 0.6) is 0 Å². The molecule has 0 unspecified atom stereocenters. The molecule has 1 aromatic heterocycles. The molecular weight excluding hydrogens is 336 g/mol. The van der Waals surface area contributed by atoms with Gasteiger partial charge in [0.25, 0.3) is 0 Å². The number of carbonyl (C=O) groups excluding carboxylic acids is 1. The van der Waals surface area contributed by atoms with E-state index in [4.69, 9.17) is 0 Å². The van der Waals surface area contributed by atoms with Gasteiger partial charge in [-0.15, -0.1) is 0 Å². The van der Waals surface area contributed by atoms with Crippen LogP contribution in [0.25, 0.3) is 0 Å². The maximum absolute atomic E-state index is 13.4. The van der Waals surface area contributed by atoms with Gasteiger partial charge in [0.05, 0.1) is 0 Å². The van der Waals surface area contributed by atoms with Crippen LogP contribution in [0.1, 0.15) is 29.3 Å². The molecule has 0 N–H and O–H groups in total. The number of nitrogens with zero attached hydrogens (tertiary/aromatic N) is 4. The molecule has 1 saturated heterocycles. The van der Waals surface area contributed by atoms with Crippen LogP contribution in [-0.4, -0.2) is 61.0 Å². The standard InChI is InChI=1S/C22H30N4O/c1-17-7-5-8-19(15-17)21(24(3)4)22(27)26-12-6-11-25(13-14-26)20-9-10-23-18(2)16-20/h5,7-10,15-16,21H,6,11-14H2,1-4H3/t21-/m0/s1. The van der Waals surface area contributed by atoms with E-state index < -0.39 is 0 Å². The predicted octanol–water partition coefficient (Wildman–Crippen LogP) is 3.04. The summed E-state index contributed by atoms with van der Waals surface area (Å²) in [6.45, 7) is 7.45. The number of hydrogen-bond acceptors (Lipinski definition) is 4. The number of hydrogen-bond donors (Lipinski definition) is 0. The van der Waals surface area contributed by atoms with Crippen molar-refractivity contribution in [2.45, 2.75) is 26.3 Å². The Morgan fingerprint density at radius 3 is 2.59 bits per heavy atom. The number of anilines is 1. The molecule has 1 aromatic carbocycles. The topological polar surface area (TPSA) is 39.7 Å². The van der Waals surface area contributed by atoms with E-state index in [-0.39, 0.29) is 11.9 Å². The molecular formula is C22H30N4O. The zero-order chi connectivity index (χ0) is 19.4. The van der Waals surface area contributed by atoms with Crippen molar-refractivity contribution < 1.29 is 4.79 Å². The van der Waals surface area contributed by atoms with Gasteiger partial charge in [-0.3, -0.25) is 14.7 Å². The van der Waals surface area contributed by atoms with Gasteiger partial charge in [-0.05, 0) is 52.1 Å². The van der Waals surface area contributed by atoms with Gasteiger partial charge < -0.3 is 9.80 Å². The van der Waals surface area contributed by atoms with Crippen LogP contribution in [0.4, 0.5) is 5.69 Å². The monoisotopic (exact) mass is 366 g/mol. The lowest BCUT2D eigenvalue weighted by molar-refractivity contribution is -0.136. The van der Waals surface area contributed by atoms with Crippen molar-refractivity contribution in [3.05, 3.63) is 59.4 Å². The molecule has 1 aliphatic rings. The summed E-state index contributed by atoms with van der Waals surface area (Å²) in [5, 5.41) is 0. The number of amides is 1. The zero-order valence-corrected chi connectivity index (χ0v) is 16.9. The summed E-state index contributed by atoms with van der Waals surface area (Å²) in [7, 11) is 3.96. The lowest BCUT2D eigenvalue weighted by atomic mass is 10.0. The molecule has 1 amide bonds. The molecule has 5 nitrogen and oxygen atoms in total. The van der Waals surface area contributed by atoms with E-state index in [1.165, 1.54) is 11.3 Å². The van der Waals surface area contributed by atoms with E-state index in [1.807, 2.05) is 43.1 Å². The Morgan fingerprint density at radius 1 is 1.07 bits per heavy atom. The second kappa shape index (κ2) is 8.53. The van der Waals surface area contributed by atoms with E-state index >= 15 is 0 Å². The molecule has 1 fully saturated rings. The van der Waals surface area contributed by atoms with E-state index in [0.29, 0.717) is 0 Å². The fourth-order valence-electron chi connectivity index (χ4n) is 3.80. The Hall–Kier alpha value is -2.40. The van der Waals surface area contributed by atoms with Crippen molar-refractivity contribution in [1.82, 2.24) is 14.8 Å². The highest BCUT2D eigenvalue weighted by molar-refractivity contribution is 5.83. The predicted molar refractivity (Wildman–Crippen MR) is 110 cm³/mol. The highest BCUT2D eigenvalue weighted by Crippen LogP contribution is 2.24. The van der Waals surface area contributed by atoms with Crippen LogP contribution < -0.4 is 4.90 Å². The Labute approximate surface area is 162 Å². The first-order valence-electron chi connectivity index (χ1n) is 9.65. The number of carbonyl (C=O) groups is 1. The summed E-state index contributed by atoms with van der Waals surface area (Å²) in [6, 6.07) is 12.2. The molecule has 0 spiro atoms. The highest BCUT2D eigenvalue weighted by atomic mass is 16.2. The molecule has 1 atom stereocenters. The number of likely N-dealkylation sites (N-methyl/N-ethyl adjacent to an activating group) is 1. The Morgan fingerprint density at radius 2 is 1.89 bits per heavy atom. The molecule has 2 heterocycles. The van der Waals surface area contributed by atoms with Crippen molar-refractivity contribution in [2.75, 3.05) is 45.2 Å². The highest BCUT2D eigenvalue weighted by Gasteiger charge is 2.29. The van der Waals surface area contributed by atoms with Crippen molar-refractivity contribution in [2.24, 2.45) is 0 Å². The van der Waals surface area contributed by atoms with E-state index in [2.05, 4.69) is 47.1 Å². The van der Waals surface area contributed by atoms with Crippen molar-refractivity contribution >= 4 is 11.6 Å². The van der Waals surface area contributed by atoms with Crippen molar-refractivity contribution in [3.8, 4) is 0 Å². The third-order valence-corrected chi connectivity index (χ3v) is 5.16. The molecule has 0 bridgehead atoms. The first kappa shape index (κ1) is 19.4. The van der Waals surface area contributed by atoms with Gasteiger partial charge in [-0.2, -0.15) is 0 Å². The molecule has 3 rings (SSSR count). The minimum absolute atomic E-state index is 0.193. The van der Waals surface area contributed by atoms with Crippen LogP contribution in [-0.2, 0) is 4.79 Å². The summed E-state index contributed by atoms with van der Waals surface area (Å²) in [5.74, 6) is 0.193. The van der Waals surface area contributed by atoms with Gasteiger partial charge in [0.2, 0.25) is 5.91 Å². The third kappa shape index (κ3) is 4.66. The molecule has 0 radical (unpaired) electrons. The molecule has 1 aliphatic heterocycles. The van der Waals surface area contributed by atoms with Crippen LogP contribution in [0.2, 0.25) is 0 Å². The SMILES string of the molecule is Cc1cccc([C@@H](C(=O)N2CCCN(c3ccnc(C)c3)CC2)N(C)C)c1. The molecule has 2 aromatic rings. The average molecular weight is 367 g/mol. The van der Waals surface area contributed by atoms with Crippen LogP contribution >= 0.6 is 0 Å². The van der Waals surface area contributed by atoms with E-state index in [9.17, 15) is 4.79 Å². The average Bonchev–Trinajstić information content (AvgIpc) is 2.88. The lowest BCUT2D eigenvalue weighted by Crippen LogP contribution is -2.42. The summed E-state index contributed by atoms with van der Waals surface area (Å²) in [4.78, 5) is 24.1. The maximum atomic E-state index is 13.4. The normalized spacial score (nSPS) is 16.3. The van der Waals surface area contributed by atoms with Crippen LogP contribution in [0.3, 0.4) is 0 Å². The number of benzene rings is 1. The lowest BCUT2D eigenvalue weighted by Gasteiger charge is -2.30. The second-order valence-electron chi connectivity index (χ2n) is 7.60. The van der Waals surface area contributed by atoms with Gasteiger partial charge in [0, 0.05) is 43.8 Å². The summed E-state index contributed by atoms with van der Waals surface area (Å²) in [5.41, 5.74) is 4.47. The van der Waals surface area contributed by atoms with E-state index in [1.54, 1.807) is 0 Å². The number of rotatable bonds is 4. The molecule has 5 heteroatoms. The van der Waals surface area contributed by atoms with E-state index in [0.717, 1.165) is 43.9 Å². The summed E-state index contributed by atoms with van der Waals surface area (Å²) >= 11 is 0. The van der Waals surface area contributed by atoms with Crippen LogP contribution in [0, 0.1) is 13.8 Å². The van der Waals surface area contributed by atoms with Crippen molar-refractivity contribution in [1.29, 1.82) is 0 Å². The molecule has 27 heavy (non-hydrogen) atoms. The Balaban J connectivity index is 1.74. The number of pyridine rings is 1. The second-order valence-corrected chi connectivity index (χ2v) is 7.60. The van der Waals surface area contributed by atoms with Gasteiger partial charge >= 0.3 is 0 Å². The first-order chi connectivity index (χ1) is 13.0. The largest absolute Gasteiger partial charge is 0.370 e. The van der Waals surface area contributed by atoms with Crippen molar-refractivity contribution in [3.63, 3.8) is 0 Å². The minimum Gasteiger partial charge on any atom is -0.370 e. The third-order valence-electron chi connectivity index (χ3n) is 5.16. The fourth-order valence-corrected chi connectivity index (χ4v) is 3.80. The molecule has 0 aliphatic carbocycles. The minimum atomic E-state index is -0.236. The van der Waals surface area contributed by atoms with Crippen LogP contribution in [0.15, 0.2) is 42.6 Å². The van der Waals surface area contributed by atoms with Gasteiger partial charge in [-0.25, -0.2) is 0 Å². The zero-order valence-electron chi connectivity index (χ0n) is 16.9. The Bertz CT molecular complexity index is 789.